The van der Waals surface area contributed by atoms with Gasteiger partial charge < -0.3 is 24.3 Å². The molecule has 0 aliphatic carbocycles. The van der Waals surface area contributed by atoms with E-state index in [1.54, 1.807) is 26.2 Å². The highest BCUT2D eigenvalue weighted by Gasteiger charge is 2.17. The molecule has 1 amide bonds. The third kappa shape index (κ3) is 4.27. The first-order valence-electron chi connectivity index (χ1n) is 8.03. The molecule has 0 bridgehead atoms. The van der Waals surface area contributed by atoms with Crippen LogP contribution < -0.4 is 14.8 Å². The summed E-state index contributed by atoms with van der Waals surface area (Å²) in [7, 11) is 1.62. The van der Waals surface area contributed by atoms with Crippen LogP contribution in [0.5, 0.6) is 11.7 Å². The molecule has 2 aromatic carbocycles. The van der Waals surface area contributed by atoms with Gasteiger partial charge in [-0.2, -0.15) is 0 Å². The van der Waals surface area contributed by atoms with E-state index in [-0.39, 0.29) is 17.3 Å². The summed E-state index contributed by atoms with van der Waals surface area (Å²) in [6, 6.07) is 16.2. The smallest absolute Gasteiger partial charge is 0.497 e. The molecular formula is C20H17NO6. The Kier molecular flexibility index (Phi) is 5.12. The molecule has 27 heavy (non-hydrogen) atoms. The second-order valence-electron chi connectivity index (χ2n) is 5.66. The van der Waals surface area contributed by atoms with Gasteiger partial charge in [0.15, 0.2) is 0 Å². The number of benzene rings is 2. The summed E-state index contributed by atoms with van der Waals surface area (Å²) in [6.45, 7) is 1.55. The number of rotatable bonds is 5. The van der Waals surface area contributed by atoms with Gasteiger partial charge in [-0.1, -0.05) is 24.3 Å². The molecule has 7 heteroatoms. The number of anilines is 1. The molecule has 0 fully saturated rings. The molecule has 0 aliphatic heterocycles. The minimum atomic E-state index is -1.51. The van der Waals surface area contributed by atoms with E-state index in [0.717, 1.165) is 16.9 Å². The van der Waals surface area contributed by atoms with Crippen molar-refractivity contribution in [2.24, 2.45) is 0 Å². The van der Waals surface area contributed by atoms with E-state index in [9.17, 15) is 9.59 Å². The van der Waals surface area contributed by atoms with Crippen LogP contribution in [0, 0.1) is 6.92 Å². The molecule has 3 rings (SSSR count). The highest BCUT2D eigenvalue weighted by molar-refractivity contribution is 6.05. The lowest BCUT2D eigenvalue weighted by molar-refractivity contribution is 0.102. The van der Waals surface area contributed by atoms with Crippen molar-refractivity contribution in [3.8, 4) is 22.8 Å². The number of hydrogen-bond acceptors (Lipinski definition) is 5. The topological polar surface area (TPSA) is 98.0 Å². The Balaban J connectivity index is 1.71. The highest BCUT2D eigenvalue weighted by Crippen LogP contribution is 2.25. The van der Waals surface area contributed by atoms with E-state index in [4.69, 9.17) is 14.3 Å². The Hall–Kier alpha value is -3.74. The molecule has 0 aliphatic rings. The predicted molar refractivity (Wildman–Crippen MR) is 98.5 cm³/mol. The first-order valence-corrected chi connectivity index (χ1v) is 8.03. The minimum absolute atomic E-state index is 0.200. The molecule has 138 valence electrons. The van der Waals surface area contributed by atoms with E-state index in [1.807, 2.05) is 36.4 Å². The van der Waals surface area contributed by atoms with Crippen molar-refractivity contribution in [3.05, 3.63) is 65.9 Å². The summed E-state index contributed by atoms with van der Waals surface area (Å²) in [5.41, 5.74) is 2.81. The van der Waals surface area contributed by atoms with Gasteiger partial charge in [0, 0.05) is 11.8 Å². The Bertz CT molecular complexity index is 957. The van der Waals surface area contributed by atoms with Crippen LogP contribution in [0.25, 0.3) is 11.1 Å². The van der Waals surface area contributed by atoms with E-state index < -0.39 is 12.1 Å². The molecule has 0 unspecified atom stereocenters. The minimum Gasteiger partial charge on any atom is -0.497 e. The molecule has 1 heterocycles. The van der Waals surface area contributed by atoms with Crippen LogP contribution in [-0.2, 0) is 0 Å². The average Bonchev–Trinajstić information content (AvgIpc) is 3.02. The number of carbonyl (C=O) groups excluding carboxylic acids is 1. The standard InChI is InChI=1S/C20H17NO6/c1-12-17(11-18(26-12)27-20(23)24)19(22)21-15-7-3-13(4-8-15)14-5-9-16(25-2)10-6-14/h3-11H,1-2H3,(H,21,22)(H,23,24). The van der Waals surface area contributed by atoms with Gasteiger partial charge in [-0.3, -0.25) is 4.79 Å². The molecule has 0 saturated heterocycles. The van der Waals surface area contributed by atoms with Crippen LogP contribution in [0.4, 0.5) is 10.5 Å². The number of aryl methyl sites for hydroxylation is 1. The Morgan fingerprint density at radius 1 is 1.00 bits per heavy atom. The van der Waals surface area contributed by atoms with Gasteiger partial charge in [-0.05, 0) is 42.3 Å². The number of ether oxygens (including phenoxy) is 2. The maximum atomic E-state index is 12.4. The van der Waals surface area contributed by atoms with Gasteiger partial charge in [0.2, 0.25) is 0 Å². The van der Waals surface area contributed by atoms with Crippen LogP contribution in [0.2, 0.25) is 0 Å². The summed E-state index contributed by atoms with van der Waals surface area (Å²) in [5, 5.41) is 11.3. The molecule has 0 spiro atoms. The Labute approximate surface area is 155 Å². The predicted octanol–water partition coefficient (Wildman–Crippen LogP) is 4.57. The van der Waals surface area contributed by atoms with Crippen molar-refractivity contribution < 1.29 is 28.6 Å². The number of nitrogens with one attached hydrogen (secondary N) is 1. The van der Waals surface area contributed by atoms with Gasteiger partial charge in [-0.15, -0.1) is 0 Å². The van der Waals surface area contributed by atoms with Gasteiger partial charge in [0.25, 0.3) is 11.9 Å². The normalized spacial score (nSPS) is 10.3. The second-order valence-corrected chi connectivity index (χ2v) is 5.66. The van der Waals surface area contributed by atoms with E-state index in [1.165, 1.54) is 6.07 Å². The first-order chi connectivity index (χ1) is 13.0. The summed E-state index contributed by atoms with van der Waals surface area (Å²) in [6.07, 6.45) is -1.51. The van der Waals surface area contributed by atoms with E-state index in [0.29, 0.717) is 5.69 Å². The van der Waals surface area contributed by atoms with Gasteiger partial charge in [0.1, 0.15) is 11.5 Å². The van der Waals surface area contributed by atoms with Crippen molar-refractivity contribution in [2.45, 2.75) is 6.92 Å². The number of carboxylic acid groups (broad SMARTS) is 1. The Morgan fingerprint density at radius 3 is 2.15 bits per heavy atom. The fourth-order valence-corrected chi connectivity index (χ4v) is 2.54. The monoisotopic (exact) mass is 367 g/mol. The maximum Gasteiger partial charge on any atom is 0.513 e. The van der Waals surface area contributed by atoms with Crippen molar-refractivity contribution in [3.63, 3.8) is 0 Å². The van der Waals surface area contributed by atoms with Crippen LogP contribution in [-0.4, -0.2) is 24.3 Å². The molecule has 2 N–H and O–H groups in total. The second kappa shape index (κ2) is 7.65. The lowest BCUT2D eigenvalue weighted by atomic mass is 10.1. The third-order valence-corrected chi connectivity index (χ3v) is 3.89. The maximum absolute atomic E-state index is 12.4. The number of methoxy groups -OCH3 is 1. The molecular weight excluding hydrogens is 350 g/mol. The highest BCUT2D eigenvalue weighted by atomic mass is 16.7. The molecule has 7 nitrogen and oxygen atoms in total. The SMILES string of the molecule is COc1ccc(-c2ccc(NC(=O)c3cc(OC(=O)O)oc3C)cc2)cc1. The summed E-state index contributed by atoms with van der Waals surface area (Å²) < 4.78 is 14.7. The Morgan fingerprint density at radius 2 is 1.59 bits per heavy atom. The van der Waals surface area contributed by atoms with Gasteiger partial charge >= 0.3 is 6.16 Å². The average molecular weight is 367 g/mol. The summed E-state index contributed by atoms with van der Waals surface area (Å²) in [5.74, 6) is 0.372. The largest absolute Gasteiger partial charge is 0.513 e. The lowest BCUT2D eigenvalue weighted by Gasteiger charge is -2.07. The van der Waals surface area contributed by atoms with Crippen LogP contribution in [0.3, 0.4) is 0 Å². The van der Waals surface area contributed by atoms with Crippen LogP contribution in [0.15, 0.2) is 59.0 Å². The quantitative estimate of drug-likeness (QED) is 0.641. The summed E-state index contributed by atoms with van der Waals surface area (Å²) >= 11 is 0. The van der Waals surface area contributed by atoms with Crippen molar-refractivity contribution in [1.29, 1.82) is 0 Å². The lowest BCUT2D eigenvalue weighted by Crippen LogP contribution is -2.12. The van der Waals surface area contributed by atoms with E-state index >= 15 is 0 Å². The zero-order valence-electron chi connectivity index (χ0n) is 14.7. The number of amides is 1. The van der Waals surface area contributed by atoms with Crippen molar-refractivity contribution in [2.75, 3.05) is 12.4 Å². The number of furan rings is 1. The molecule has 0 atom stereocenters. The van der Waals surface area contributed by atoms with Crippen molar-refractivity contribution in [1.82, 2.24) is 0 Å². The van der Waals surface area contributed by atoms with Crippen LogP contribution >= 0.6 is 0 Å². The first kappa shape index (κ1) is 18.1. The van der Waals surface area contributed by atoms with Crippen LogP contribution in [0.1, 0.15) is 16.1 Å². The molecule has 0 radical (unpaired) electrons. The third-order valence-electron chi connectivity index (χ3n) is 3.89. The van der Waals surface area contributed by atoms with Gasteiger partial charge in [-0.25, -0.2) is 4.79 Å². The zero-order valence-corrected chi connectivity index (χ0v) is 14.7. The van der Waals surface area contributed by atoms with E-state index in [2.05, 4.69) is 10.1 Å². The molecule has 1 aromatic heterocycles. The van der Waals surface area contributed by atoms with Gasteiger partial charge in [0.05, 0.1) is 12.7 Å². The summed E-state index contributed by atoms with van der Waals surface area (Å²) in [4.78, 5) is 22.9. The fraction of sp³-hybridized carbons (Fsp3) is 0.100. The number of carbonyl (C=O) groups is 2. The fourth-order valence-electron chi connectivity index (χ4n) is 2.54. The number of hydrogen-bond donors (Lipinski definition) is 2. The van der Waals surface area contributed by atoms with Crippen molar-refractivity contribution >= 4 is 17.7 Å². The zero-order chi connectivity index (χ0) is 19.4. The molecule has 3 aromatic rings. The molecule has 0 saturated carbocycles.